The zero-order valence-corrected chi connectivity index (χ0v) is 11.4. The summed E-state index contributed by atoms with van der Waals surface area (Å²) in [6.07, 6.45) is 0. The Kier molecular flexibility index (Phi) is 5.23. The van der Waals surface area contributed by atoms with Crippen LogP contribution in [-0.4, -0.2) is 23.4 Å². The molecule has 0 aromatic carbocycles. The number of aromatic nitrogens is 1. The van der Waals surface area contributed by atoms with Crippen molar-refractivity contribution in [1.82, 2.24) is 10.5 Å². The normalized spacial score (nSPS) is 10.2. The van der Waals surface area contributed by atoms with Gasteiger partial charge in [0.1, 0.15) is 5.56 Å². The number of hydrogen-bond acceptors (Lipinski definition) is 3. The van der Waals surface area contributed by atoms with E-state index in [1.165, 1.54) is 6.07 Å². The SMILES string of the molecule is Cc1[nH]c(=O)c(C(=O)NOCCCl)cc1I. The molecule has 16 heavy (non-hydrogen) atoms. The maximum absolute atomic E-state index is 11.5. The van der Waals surface area contributed by atoms with Crippen LogP contribution in [0.1, 0.15) is 16.1 Å². The minimum absolute atomic E-state index is 0.0181. The highest BCUT2D eigenvalue weighted by atomic mass is 127. The molecule has 0 saturated heterocycles. The Balaban J connectivity index is 2.84. The molecule has 1 rings (SSSR count). The van der Waals surface area contributed by atoms with Crippen LogP contribution in [0, 0.1) is 10.5 Å². The fourth-order valence-electron chi connectivity index (χ4n) is 0.977. The van der Waals surface area contributed by atoms with Crippen LogP contribution in [-0.2, 0) is 4.84 Å². The van der Waals surface area contributed by atoms with E-state index in [1.807, 2.05) is 22.6 Å². The summed E-state index contributed by atoms with van der Waals surface area (Å²) in [6, 6.07) is 1.51. The summed E-state index contributed by atoms with van der Waals surface area (Å²) < 4.78 is 0.805. The second-order valence-electron chi connectivity index (χ2n) is 2.95. The first-order valence-corrected chi connectivity index (χ1v) is 6.05. The molecule has 1 aromatic heterocycles. The molecule has 2 N–H and O–H groups in total. The highest BCUT2D eigenvalue weighted by molar-refractivity contribution is 14.1. The van der Waals surface area contributed by atoms with Crippen LogP contribution >= 0.6 is 34.2 Å². The van der Waals surface area contributed by atoms with Crippen LogP contribution in [0.2, 0.25) is 0 Å². The molecule has 0 aliphatic heterocycles. The Morgan fingerprint density at radius 1 is 1.69 bits per heavy atom. The molecule has 1 amide bonds. The molecule has 0 saturated carbocycles. The van der Waals surface area contributed by atoms with E-state index in [1.54, 1.807) is 6.92 Å². The van der Waals surface area contributed by atoms with Gasteiger partial charge in [-0.05, 0) is 35.6 Å². The third kappa shape index (κ3) is 3.46. The van der Waals surface area contributed by atoms with Gasteiger partial charge < -0.3 is 4.98 Å². The number of aromatic amines is 1. The van der Waals surface area contributed by atoms with E-state index < -0.39 is 11.5 Å². The molecule has 1 heterocycles. The van der Waals surface area contributed by atoms with Gasteiger partial charge in [0, 0.05) is 15.1 Å². The molecule has 88 valence electrons. The summed E-state index contributed by atoms with van der Waals surface area (Å²) in [7, 11) is 0. The third-order valence-corrected chi connectivity index (χ3v) is 3.04. The first-order chi connectivity index (χ1) is 7.56. The number of alkyl halides is 1. The van der Waals surface area contributed by atoms with Gasteiger partial charge in [-0.15, -0.1) is 11.6 Å². The van der Waals surface area contributed by atoms with Crippen molar-refractivity contribution in [1.29, 1.82) is 0 Å². The Morgan fingerprint density at radius 2 is 2.38 bits per heavy atom. The van der Waals surface area contributed by atoms with Crippen molar-refractivity contribution in [3.8, 4) is 0 Å². The molecule has 0 spiro atoms. The maximum Gasteiger partial charge on any atom is 0.280 e. The highest BCUT2D eigenvalue weighted by Crippen LogP contribution is 2.07. The molecule has 0 bridgehead atoms. The Hall–Kier alpha value is -0.600. The van der Waals surface area contributed by atoms with Gasteiger partial charge in [0.25, 0.3) is 11.5 Å². The van der Waals surface area contributed by atoms with Gasteiger partial charge in [-0.1, -0.05) is 0 Å². The van der Waals surface area contributed by atoms with Crippen LogP contribution in [0.4, 0.5) is 0 Å². The Labute approximate surface area is 111 Å². The van der Waals surface area contributed by atoms with Gasteiger partial charge in [-0.2, -0.15) is 0 Å². The lowest BCUT2D eigenvalue weighted by molar-refractivity contribution is 0.0370. The van der Waals surface area contributed by atoms with E-state index in [9.17, 15) is 9.59 Å². The van der Waals surface area contributed by atoms with Crippen LogP contribution in [0.25, 0.3) is 0 Å². The standard InChI is InChI=1S/C9H10ClIN2O3/c1-5-7(11)4-6(8(14)12-5)9(15)13-16-3-2-10/h4H,2-3H2,1H3,(H,12,14)(H,13,15). The minimum atomic E-state index is -0.579. The predicted octanol–water partition coefficient (Wildman–Crippen LogP) is 1.19. The molecule has 0 fully saturated rings. The lowest BCUT2D eigenvalue weighted by Gasteiger charge is -2.05. The number of hydroxylamine groups is 1. The molecular weight excluding hydrogens is 346 g/mol. The number of pyridine rings is 1. The first-order valence-electron chi connectivity index (χ1n) is 4.43. The molecule has 0 unspecified atom stereocenters. The maximum atomic E-state index is 11.5. The predicted molar refractivity (Wildman–Crippen MR) is 68.7 cm³/mol. The van der Waals surface area contributed by atoms with Crippen LogP contribution in [0.5, 0.6) is 0 Å². The van der Waals surface area contributed by atoms with Crippen LogP contribution in [0.3, 0.4) is 0 Å². The van der Waals surface area contributed by atoms with E-state index >= 15 is 0 Å². The van der Waals surface area contributed by atoms with Gasteiger partial charge in [0.05, 0.1) is 6.61 Å². The summed E-state index contributed by atoms with van der Waals surface area (Å²) in [6.45, 7) is 1.95. The fraction of sp³-hybridized carbons (Fsp3) is 0.333. The zero-order chi connectivity index (χ0) is 12.1. The average molecular weight is 357 g/mol. The van der Waals surface area contributed by atoms with E-state index in [2.05, 4.69) is 10.5 Å². The van der Waals surface area contributed by atoms with E-state index in [0.717, 1.165) is 9.26 Å². The third-order valence-electron chi connectivity index (χ3n) is 1.76. The van der Waals surface area contributed by atoms with Gasteiger partial charge >= 0.3 is 0 Å². The molecule has 1 aromatic rings. The highest BCUT2D eigenvalue weighted by Gasteiger charge is 2.12. The summed E-state index contributed by atoms with van der Waals surface area (Å²) in [5, 5.41) is 0. The molecule has 5 nitrogen and oxygen atoms in total. The second-order valence-corrected chi connectivity index (χ2v) is 4.49. The average Bonchev–Trinajstić information content (AvgIpc) is 2.23. The number of nitrogens with one attached hydrogen (secondary N) is 2. The van der Waals surface area contributed by atoms with Crippen molar-refractivity contribution in [2.24, 2.45) is 0 Å². The number of rotatable bonds is 4. The van der Waals surface area contributed by atoms with Gasteiger partial charge in [0.2, 0.25) is 0 Å². The quantitative estimate of drug-likeness (QED) is 0.368. The number of halogens is 2. The van der Waals surface area contributed by atoms with Gasteiger partial charge in [-0.25, -0.2) is 5.48 Å². The molecular formula is C9H10ClIN2O3. The minimum Gasteiger partial charge on any atom is -0.325 e. The molecule has 7 heteroatoms. The van der Waals surface area contributed by atoms with Crippen molar-refractivity contribution < 1.29 is 9.63 Å². The van der Waals surface area contributed by atoms with E-state index in [0.29, 0.717) is 0 Å². The lowest BCUT2D eigenvalue weighted by Crippen LogP contribution is -2.30. The topological polar surface area (TPSA) is 71.2 Å². The smallest absolute Gasteiger partial charge is 0.280 e. The Bertz CT molecular complexity index is 447. The first kappa shape index (κ1) is 13.5. The summed E-state index contributed by atoms with van der Waals surface area (Å²) >= 11 is 7.40. The second kappa shape index (κ2) is 6.21. The number of carbonyl (C=O) groups excluding carboxylic acids is 1. The van der Waals surface area contributed by atoms with Gasteiger partial charge in [-0.3, -0.25) is 14.4 Å². The fourth-order valence-corrected chi connectivity index (χ4v) is 1.50. The number of hydrogen-bond donors (Lipinski definition) is 2. The molecule has 0 radical (unpaired) electrons. The number of aryl methyl sites for hydroxylation is 1. The van der Waals surface area contributed by atoms with Crippen molar-refractivity contribution >= 4 is 40.1 Å². The van der Waals surface area contributed by atoms with Crippen molar-refractivity contribution in [3.63, 3.8) is 0 Å². The van der Waals surface area contributed by atoms with Crippen molar-refractivity contribution in [3.05, 3.63) is 31.2 Å². The van der Waals surface area contributed by atoms with Gasteiger partial charge in [0.15, 0.2) is 0 Å². The molecule has 0 aliphatic rings. The Morgan fingerprint density at radius 3 is 3.00 bits per heavy atom. The lowest BCUT2D eigenvalue weighted by atomic mass is 10.2. The van der Waals surface area contributed by atoms with E-state index in [-0.39, 0.29) is 18.1 Å². The summed E-state index contributed by atoms with van der Waals surface area (Å²) in [5.41, 5.74) is 2.44. The zero-order valence-electron chi connectivity index (χ0n) is 8.47. The summed E-state index contributed by atoms with van der Waals surface area (Å²) in [4.78, 5) is 30.3. The monoisotopic (exact) mass is 356 g/mol. The molecule has 0 aliphatic carbocycles. The van der Waals surface area contributed by atoms with E-state index in [4.69, 9.17) is 16.4 Å². The summed E-state index contributed by atoms with van der Waals surface area (Å²) in [5.74, 6) is -0.313. The van der Waals surface area contributed by atoms with Crippen molar-refractivity contribution in [2.75, 3.05) is 12.5 Å². The largest absolute Gasteiger partial charge is 0.325 e. The number of amides is 1. The van der Waals surface area contributed by atoms with Crippen LogP contribution in [0.15, 0.2) is 10.9 Å². The number of H-pyrrole nitrogens is 1. The van der Waals surface area contributed by atoms with Crippen molar-refractivity contribution in [2.45, 2.75) is 6.92 Å². The number of carbonyl (C=O) groups is 1. The molecule has 0 atom stereocenters. The van der Waals surface area contributed by atoms with Crippen LogP contribution < -0.4 is 11.0 Å².